The Bertz CT molecular complexity index is 1270. The van der Waals surface area contributed by atoms with Crippen LogP contribution >= 0.6 is 11.8 Å². The number of carbonyl (C=O) groups is 2. The van der Waals surface area contributed by atoms with Crippen molar-refractivity contribution >= 4 is 34.5 Å². The Hall–Kier alpha value is -3.56. The van der Waals surface area contributed by atoms with Crippen molar-refractivity contribution in [3.05, 3.63) is 82.4 Å². The maximum Gasteiger partial charge on any atom is 0.338 e. The van der Waals surface area contributed by atoms with Crippen molar-refractivity contribution in [3.63, 3.8) is 0 Å². The lowest BCUT2D eigenvalue weighted by atomic mass is 9.91. The molecule has 0 spiro atoms. The molecule has 0 aromatic heterocycles. The Morgan fingerprint density at radius 2 is 1.89 bits per heavy atom. The summed E-state index contributed by atoms with van der Waals surface area (Å²) in [4.78, 5) is 35.5. The quantitative estimate of drug-likeness (QED) is 0.507. The van der Waals surface area contributed by atoms with E-state index in [1.165, 1.54) is 11.8 Å². The van der Waals surface area contributed by atoms with Crippen molar-refractivity contribution in [2.24, 2.45) is 4.99 Å². The molecular weight excluding hydrogens is 490 g/mol. The zero-order chi connectivity index (χ0) is 25.8. The number of rotatable bonds is 7. The van der Waals surface area contributed by atoms with Gasteiger partial charge in [0.05, 0.1) is 50.7 Å². The van der Waals surface area contributed by atoms with Crippen LogP contribution in [0.15, 0.2) is 76.3 Å². The average Bonchev–Trinajstić information content (AvgIpc) is 3.35. The van der Waals surface area contributed by atoms with Crippen LogP contribution in [0.5, 0.6) is 5.75 Å². The highest BCUT2D eigenvalue weighted by atomic mass is 32.2. The molecule has 37 heavy (non-hydrogen) atoms. The Morgan fingerprint density at radius 3 is 2.62 bits per heavy atom. The van der Waals surface area contributed by atoms with Crippen LogP contribution in [0.4, 0.5) is 0 Å². The van der Waals surface area contributed by atoms with Gasteiger partial charge in [-0.2, -0.15) is 0 Å². The number of nitrogens with zero attached hydrogens (tertiary/aromatic N) is 3. The number of methoxy groups -OCH3 is 1. The number of hydrogen-bond acceptors (Lipinski definition) is 8. The van der Waals surface area contributed by atoms with Crippen LogP contribution in [-0.2, 0) is 19.1 Å². The zero-order valence-corrected chi connectivity index (χ0v) is 21.7. The fraction of sp³-hybridized carbons (Fsp3) is 0.321. The minimum Gasteiger partial charge on any atom is -0.497 e. The number of morpholine rings is 1. The van der Waals surface area contributed by atoms with Crippen LogP contribution in [0, 0.1) is 0 Å². The first-order valence-electron chi connectivity index (χ1n) is 12.3. The lowest BCUT2D eigenvalue weighted by molar-refractivity contribution is -0.139. The summed E-state index contributed by atoms with van der Waals surface area (Å²) in [6, 6.07) is 16.7. The predicted octanol–water partition coefficient (Wildman–Crippen LogP) is 4.22. The topological polar surface area (TPSA) is 80.7 Å². The van der Waals surface area contributed by atoms with Gasteiger partial charge >= 0.3 is 5.97 Å². The number of amides is 1. The van der Waals surface area contributed by atoms with E-state index in [4.69, 9.17) is 19.2 Å². The molecule has 1 atom stereocenters. The van der Waals surface area contributed by atoms with E-state index < -0.39 is 12.0 Å². The van der Waals surface area contributed by atoms with Crippen LogP contribution in [0.1, 0.15) is 30.5 Å². The van der Waals surface area contributed by atoms with E-state index in [2.05, 4.69) is 0 Å². The molecule has 2 aromatic carbocycles. The maximum absolute atomic E-state index is 13.6. The summed E-state index contributed by atoms with van der Waals surface area (Å²) < 4.78 is 16.5. The SMILES string of the molecule is CCOC(=O)C1=C(c2ccccc2)N=C2SC=C(CC(=O)N3CCOCC3)N2C1c1cccc(OC)c1. The highest BCUT2D eigenvalue weighted by molar-refractivity contribution is 8.16. The van der Waals surface area contributed by atoms with Gasteiger partial charge in [0.15, 0.2) is 5.17 Å². The number of fused-ring (bicyclic) bond motifs is 1. The number of benzene rings is 2. The van der Waals surface area contributed by atoms with Gasteiger partial charge in [-0.25, -0.2) is 9.79 Å². The normalized spacial score (nSPS) is 19.2. The third-order valence-corrected chi connectivity index (χ3v) is 7.35. The first-order chi connectivity index (χ1) is 18.1. The minimum atomic E-state index is -0.546. The molecule has 0 aliphatic carbocycles. The lowest BCUT2D eigenvalue weighted by Gasteiger charge is -2.37. The van der Waals surface area contributed by atoms with Crippen LogP contribution in [0.25, 0.3) is 5.70 Å². The van der Waals surface area contributed by atoms with E-state index in [0.29, 0.717) is 48.5 Å². The number of amidine groups is 1. The van der Waals surface area contributed by atoms with Gasteiger partial charge in [0, 0.05) is 24.4 Å². The van der Waals surface area contributed by atoms with Crippen LogP contribution in [0.3, 0.4) is 0 Å². The molecule has 1 saturated heterocycles. The molecule has 0 N–H and O–H groups in total. The van der Waals surface area contributed by atoms with Gasteiger partial charge in [0.1, 0.15) is 5.75 Å². The Kier molecular flexibility index (Phi) is 7.62. The fourth-order valence-corrected chi connectivity index (χ4v) is 5.61. The molecule has 1 fully saturated rings. The molecule has 3 heterocycles. The van der Waals surface area contributed by atoms with Gasteiger partial charge in [-0.1, -0.05) is 54.2 Å². The van der Waals surface area contributed by atoms with Gasteiger partial charge < -0.3 is 24.0 Å². The molecule has 9 heteroatoms. The highest BCUT2D eigenvalue weighted by Gasteiger charge is 2.42. The van der Waals surface area contributed by atoms with Crippen LogP contribution in [0.2, 0.25) is 0 Å². The minimum absolute atomic E-state index is 0.0244. The van der Waals surface area contributed by atoms with Crippen molar-refractivity contribution in [1.29, 1.82) is 0 Å². The molecule has 2 aromatic rings. The summed E-state index contributed by atoms with van der Waals surface area (Å²) in [7, 11) is 1.61. The van der Waals surface area contributed by atoms with Crippen LogP contribution < -0.4 is 4.74 Å². The summed E-state index contributed by atoms with van der Waals surface area (Å²) in [5.74, 6) is 0.261. The molecular formula is C28H29N3O5S. The lowest BCUT2D eigenvalue weighted by Crippen LogP contribution is -2.42. The molecule has 0 bridgehead atoms. The molecule has 192 valence electrons. The van der Waals surface area contributed by atoms with Crippen molar-refractivity contribution in [3.8, 4) is 5.75 Å². The van der Waals surface area contributed by atoms with Crippen LogP contribution in [-0.4, -0.2) is 66.9 Å². The van der Waals surface area contributed by atoms with Gasteiger partial charge in [0.2, 0.25) is 5.91 Å². The van der Waals surface area contributed by atoms with Gasteiger partial charge in [0.25, 0.3) is 0 Å². The molecule has 0 radical (unpaired) electrons. The Morgan fingerprint density at radius 1 is 1.11 bits per heavy atom. The summed E-state index contributed by atoms with van der Waals surface area (Å²) in [6.07, 6.45) is 0.198. The number of hydrogen-bond donors (Lipinski definition) is 0. The van der Waals surface area contributed by atoms with Crippen molar-refractivity contribution in [2.75, 3.05) is 40.0 Å². The van der Waals surface area contributed by atoms with E-state index >= 15 is 0 Å². The third-order valence-electron chi connectivity index (χ3n) is 6.46. The fourth-order valence-electron chi connectivity index (χ4n) is 4.69. The van der Waals surface area contributed by atoms with Gasteiger partial charge in [-0.05, 0) is 30.0 Å². The second kappa shape index (κ2) is 11.2. The second-order valence-corrected chi connectivity index (χ2v) is 9.53. The van der Waals surface area contributed by atoms with E-state index in [1.807, 2.05) is 69.8 Å². The molecule has 0 saturated carbocycles. The summed E-state index contributed by atoms with van der Waals surface area (Å²) in [5.41, 5.74) is 3.46. The number of ether oxygens (including phenoxy) is 3. The molecule has 5 rings (SSSR count). The monoisotopic (exact) mass is 519 g/mol. The average molecular weight is 520 g/mol. The first kappa shape index (κ1) is 25.1. The zero-order valence-electron chi connectivity index (χ0n) is 20.9. The molecule has 1 unspecified atom stereocenters. The standard InChI is InChI=1S/C28H29N3O5S/c1-3-36-27(33)24-25(19-8-5-4-6-9-19)29-28-31(26(24)20-10-7-11-22(16-20)34-2)21(18-37-28)17-23(32)30-12-14-35-15-13-30/h4-11,16,18,26H,3,12-15,17H2,1-2H3. The number of carbonyl (C=O) groups excluding carboxylic acids is 2. The van der Waals surface area contributed by atoms with E-state index in [9.17, 15) is 9.59 Å². The van der Waals surface area contributed by atoms with Crippen molar-refractivity contribution < 1.29 is 23.8 Å². The summed E-state index contributed by atoms with van der Waals surface area (Å²) in [5, 5.41) is 2.67. The maximum atomic E-state index is 13.6. The first-order valence-corrected chi connectivity index (χ1v) is 13.2. The van der Waals surface area contributed by atoms with E-state index in [-0.39, 0.29) is 18.9 Å². The smallest absolute Gasteiger partial charge is 0.338 e. The summed E-state index contributed by atoms with van der Waals surface area (Å²) >= 11 is 1.46. The predicted molar refractivity (Wildman–Crippen MR) is 143 cm³/mol. The number of aliphatic imine (C=N–C) groups is 1. The Balaban J connectivity index is 1.61. The van der Waals surface area contributed by atoms with Gasteiger partial charge in [-0.3, -0.25) is 4.79 Å². The largest absolute Gasteiger partial charge is 0.497 e. The van der Waals surface area contributed by atoms with E-state index in [0.717, 1.165) is 16.8 Å². The Labute approximate surface area is 220 Å². The molecule has 3 aliphatic rings. The highest BCUT2D eigenvalue weighted by Crippen LogP contribution is 2.47. The molecule has 8 nitrogen and oxygen atoms in total. The third kappa shape index (κ3) is 5.14. The van der Waals surface area contributed by atoms with Crippen molar-refractivity contribution in [2.45, 2.75) is 19.4 Å². The van der Waals surface area contributed by atoms with Gasteiger partial charge in [-0.15, -0.1) is 0 Å². The van der Waals surface area contributed by atoms with E-state index in [1.54, 1.807) is 14.0 Å². The molecule has 1 amide bonds. The number of thioether (sulfide) groups is 1. The number of esters is 1. The van der Waals surface area contributed by atoms with Crippen molar-refractivity contribution in [1.82, 2.24) is 9.80 Å². The summed E-state index contributed by atoms with van der Waals surface area (Å²) in [6.45, 7) is 4.25. The second-order valence-electron chi connectivity index (χ2n) is 8.69. The molecule has 3 aliphatic heterocycles.